The van der Waals surface area contributed by atoms with E-state index < -0.39 is 9.84 Å². The van der Waals surface area contributed by atoms with Gasteiger partial charge in [-0.05, 0) is 54.8 Å². The Morgan fingerprint density at radius 3 is 2.50 bits per heavy atom. The highest BCUT2D eigenvalue weighted by Crippen LogP contribution is 2.31. The first-order valence-corrected chi connectivity index (χ1v) is 10.0. The molecule has 24 heavy (non-hydrogen) atoms. The van der Waals surface area contributed by atoms with E-state index in [4.69, 9.17) is 23.2 Å². The molecule has 0 aromatic heterocycles. The van der Waals surface area contributed by atoms with Gasteiger partial charge >= 0.3 is 0 Å². The van der Waals surface area contributed by atoms with Gasteiger partial charge in [0.25, 0.3) is 5.91 Å². The minimum absolute atomic E-state index is 0.179. The lowest BCUT2D eigenvalue weighted by molar-refractivity contribution is 0.0985. The molecule has 0 saturated carbocycles. The highest BCUT2D eigenvalue weighted by atomic mass is 35.5. The lowest BCUT2D eigenvalue weighted by atomic mass is 10.0. The molecule has 0 radical (unpaired) electrons. The Morgan fingerprint density at radius 2 is 1.83 bits per heavy atom. The van der Waals surface area contributed by atoms with Gasteiger partial charge in [0.05, 0.1) is 14.9 Å². The number of hydrogen-bond donors (Lipinski definition) is 0. The summed E-state index contributed by atoms with van der Waals surface area (Å²) < 4.78 is 23.4. The minimum atomic E-state index is -3.27. The molecule has 7 heteroatoms. The Labute approximate surface area is 150 Å². The molecule has 0 fully saturated rings. The zero-order chi connectivity index (χ0) is 17.5. The van der Waals surface area contributed by atoms with Crippen molar-refractivity contribution < 1.29 is 13.2 Å². The zero-order valence-electron chi connectivity index (χ0n) is 12.9. The maximum atomic E-state index is 12.8. The first-order valence-electron chi connectivity index (χ1n) is 7.37. The van der Waals surface area contributed by atoms with Crippen molar-refractivity contribution in [2.75, 3.05) is 17.7 Å². The van der Waals surface area contributed by atoms with Crippen LogP contribution >= 0.6 is 23.2 Å². The van der Waals surface area contributed by atoms with Gasteiger partial charge in [0, 0.05) is 24.1 Å². The molecule has 2 aromatic rings. The van der Waals surface area contributed by atoms with Crippen molar-refractivity contribution in [3.8, 4) is 0 Å². The number of halogens is 2. The maximum Gasteiger partial charge on any atom is 0.258 e. The molecule has 0 atom stereocenters. The van der Waals surface area contributed by atoms with E-state index in [1.54, 1.807) is 35.2 Å². The molecule has 0 unspecified atom stereocenters. The summed E-state index contributed by atoms with van der Waals surface area (Å²) in [7, 11) is -3.27. The van der Waals surface area contributed by atoms with Crippen molar-refractivity contribution in [2.24, 2.45) is 0 Å². The number of hydrogen-bond acceptors (Lipinski definition) is 3. The number of amides is 1. The number of rotatable bonds is 2. The van der Waals surface area contributed by atoms with Gasteiger partial charge in [0.2, 0.25) is 0 Å². The van der Waals surface area contributed by atoms with Crippen LogP contribution < -0.4 is 4.90 Å². The highest BCUT2D eigenvalue weighted by Gasteiger charge is 2.25. The predicted octanol–water partition coefficient (Wildman–Crippen LogP) is 3.99. The van der Waals surface area contributed by atoms with Gasteiger partial charge in [-0.1, -0.05) is 23.2 Å². The molecular weight excluding hydrogens is 369 g/mol. The van der Waals surface area contributed by atoms with E-state index in [9.17, 15) is 13.2 Å². The Balaban J connectivity index is 2.00. The number of carbonyl (C=O) groups is 1. The summed E-state index contributed by atoms with van der Waals surface area (Å²) >= 11 is 11.9. The van der Waals surface area contributed by atoms with Crippen molar-refractivity contribution in [1.82, 2.24) is 0 Å². The van der Waals surface area contributed by atoms with Crippen molar-refractivity contribution in [2.45, 2.75) is 17.7 Å². The molecule has 3 rings (SSSR count). The second kappa shape index (κ2) is 6.39. The zero-order valence-corrected chi connectivity index (χ0v) is 15.2. The molecule has 1 aliphatic rings. The third-order valence-electron chi connectivity index (χ3n) is 4.01. The van der Waals surface area contributed by atoms with Crippen LogP contribution in [0.15, 0.2) is 41.3 Å². The van der Waals surface area contributed by atoms with Gasteiger partial charge in [-0.25, -0.2) is 8.42 Å². The number of aryl methyl sites for hydroxylation is 1. The van der Waals surface area contributed by atoms with E-state index in [2.05, 4.69) is 0 Å². The molecular formula is C17H15Cl2NO3S. The van der Waals surface area contributed by atoms with Gasteiger partial charge in [-0.15, -0.1) is 0 Å². The Hall–Kier alpha value is -1.56. The first kappa shape index (κ1) is 17.3. The second-order valence-electron chi connectivity index (χ2n) is 5.75. The number of sulfone groups is 1. The van der Waals surface area contributed by atoms with Crippen LogP contribution in [0, 0.1) is 0 Å². The van der Waals surface area contributed by atoms with E-state index in [1.807, 2.05) is 0 Å². The van der Waals surface area contributed by atoms with Gasteiger partial charge in [0.1, 0.15) is 0 Å². The average molecular weight is 384 g/mol. The quantitative estimate of drug-likeness (QED) is 0.787. The molecule has 0 saturated heterocycles. The fourth-order valence-electron chi connectivity index (χ4n) is 2.80. The van der Waals surface area contributed by atoms with Crippen LogP contribution in [0.1, 0.15) is 22.3 Å². The number of carbonyl (C=O) groups excluding carboxylic acids is 1. The summed E-state index contributed by atoms with van der Waals surface area (Å²) in [6, 6.07) is 9.66. The van der Waals surface area contributed by atoms with Crippen LogP contribution in [-0.4, -0.2) is 27.1 Å². The van der Waals surface area contributed by atoms with Crippen LogP contribution in [0.4, 0.5) is 5.69 Å². The average Bonchev–Trinajstić information content (AvgIpc) is 2.55. The summed E-state index contributed by atoms with van der Waals surface area (Å²) in [6.45, 7) is 0.574. The molecule has 1 amide bonds. The fourth-order valence-corrected chi connectivity index (χ4v) is 3.77. The number of benzene rings is 2. The Kier molecular flexibility index (Phi) is 4.60. The van der Waals surface area contributed by atoms with Crippen molar-refractivity contribution in [3.63, 3.8) is 0 Å². The van der Waals surface area contributed by atoms with Gasteiger partial charge in [0.15, 0.2) is 9.84 Å². The monoisotopic (exact) mass is 383 g/mol. The van der Waals surface area contributed by atoms with E-state index in [1.165, 1.54) is 12.3 Å². The summed E-state index contributed by atoms with van der Waals surface area (Å²) in [5.41, 5.74) is 2.05. The predicted molar refractivity (Wildman–Crippen MR) is 96.0 cm³/mol. The van der Waals surface area contributed by atoms with Crippen LogP contribution in [0.3, 0.4) is 0 Å². The van der Waals surface area contributed by atoms with Crippen molar-refractivity contribution in [1.29, 1.82) is 0 Å². The first-order chi connectivity index (χ1) is 11.3. The molecule has 126 valence electrons. The SMILES string of the molecule is CS(=O)(=O)c1ccc2c(c1)CCCN2C(=O)c1ccc(Cl)c(Cl)c1. The highest BCUT2D eigenvalue weighted by molar-refractivity contribution is 7.90. The molecule has 0 spiro atoms. The number of anilines is 1. The Bertz CT molecular complexity index is 925. The third kappa shape index (κ3) is 3.29. The van der Waals surface area contributed by atoms with Crippen LogP contribution in [0.5, 0.6) is 0 Å². The largest absolute Gasteiger partial charge is 0.308 e. The normalized spacial score (nSPS) is 14.4. The summed E-state index contributed by atoms with van der Waals surface area (Å²) in [5, 5.41) is 0.720. The third-order valence-corrected chi connectivity index (χ3v) is 5.86. The molecule has 0 aliphatic carbocycles. The summed E-state index contributed by atoms with van der Waals surface area (Å²) in [5.74, 6) is -0.179. The summed E-state index contributed by atoms with van der Waals surface area (Å²) in [6.07, 6.45) is 2.69. The molecule has 1 heterocycles. The van der Waals surface area contributed by atoms with E-state index in [0.717, 1.165) is 24.1 Å². The van der Waals surface area contributed by atoms with Gasteiger partial charge in [-0.2, -0.15) is 0 Å². The maximum absolute atomic E-state index is 12.8. The van der Waals surface area contributed by atoms with Crippen LogP contribution in [-0.2, 0) is 16.3 Å². The molecule has 1 aliphatic heterocycles. The minimum Gasteiger partial charge on any atom is -0.308 e. The van der Waals surface area contributed by atoms with E-state index >= 15 is 0 Å². The molecule has 0 N–H and O–H groups in total. The smallest absolute Gasteiger partial charge is 0.258 e. The molecule has 4 nitrogen and oxygen atoms in total. The van der Waals surface area contributed by atoms with Gasteiger partial charge < -0.3 is 4.90 Å². The summed E-state index contributed by atoms with van der Waals surface area (Å²) in [4.78, 5) is 14.7. The van der Waals surface area contributed by atoms with E-state index in [0.29, 0.717) is 22.2 Å². The van der Waals surface area contributed by atoms with Crippen molar-refractivity contribution >= 4 is 44.6 Å². The topological polar surface area (TPSA) is 54.5 Å². The lowest BCUT2D eigenvalue weighted by Crippen LogP contribution is -2.35. The van der Waals surface area contributed by atoms with Crippen LogP contribution in [0.25, 0.3) is 0 Å². The van der Waals surface area contributed by atoms with Crippen LogP contribution in [0.2, 0.25) is 10.0 Å². The lowest BCUT2D eigenvalue weighted by Gasteiger charge is -2.30. The van der Waals surface area contributed by atoms with Crippen molar-refractivity contribution in [3.05, 3.63) is 57.6 Å². The number of fused-ring (bicyclic) bond motifs is 1. The standard InChI is InChI=1S/C17H15Cl2NO3S/c1-24(22,23)13-5-7-16-11(9-13)3-2-8-20(16)17(21)12-4-6-14(18)15(19)10-12/h4-7,9-10H,2-3,8H2,1H3. The fraction of sp³-hybridized carbons (Fsp3) is 0.235. The molecule has 0 bridgehead atoms. The van der Waals surface area contributed by atoms with E-state index in [-0.39, 0.29) is 10.8 Å². The second-order valence-corrected chi connectivity index (χ2v) is 8.58. The molecule has 2 aromatic carbocycles. The number of nitrogens with zero attached hydrogens (tertiary/aromatic N) is 1. The van der Waals surface area contributed by atoms with Gasteiger partial charge in [-0.3, -0.25) is 4.79 Å². The Morgan fingerprint density at radius 1 is 1.08 bits per heavy atom.